The maximum atomic E-state index is 5.09. The van der Waals surface area contributed by atoms with Gasteiger partial charge in [0.1, 0.15) is 6.21 Å². The lowest BCUT2D eigenvalue weighted by Crippen LogP contribution is -2.28. The number of rotatable bonds is 1. The van der Waals surface area contributed by atoms with Gasteiger partial charge < -0.3 is 0 Å². The van der Waals surface area contributed by atoms with Crippen LogP contribution in [-0.2, 0) is 25.7 Å². The van der Waals surface area contributed by atoms with Crippen LogP contribution in [0.2, 0.25) is 0 Å². The zero-order chi connectivity index (χ0) is 21.8. The average molecular weight is 430 g/mol. The van der Waals surface area contributed by atoms with Gasteiger partial charge in [0.2, 0.25) is 5.82 Å². The number of hydrogen-bond acceptors (Lipinski definition) is 2. The molecule has 0 saturated carbocycles. The van der Waals surface area contributed by atoms with E-state index in [9.17, 15) is 0 Å². The molecule has 1 aromatic heterocycles. The maximum absolute atomic E-state index is 5.09. The van der Waals surface area contributed by atoms with Crippen molar-refractivity contribution in [3.63, 3.8) is 0 Å². The van der Waals surface area contributed by atoms with Crippen molar-refractivity contribution in [1.29, 1.82) is 0 Å². The fourth-order valence-electron chi connectivity index (χ4n) is 5.56. The smallest absolute Gasteiger partial charge is 0.232 e. The molecule has 3 aliphatic carbocycles. The molecule has 3 aliphatic heterocycles. The first-order valence-electron chi connectivity index (χ1n) is 11.9. The van der Waals surface area contributed by atoms with E-state index in [0.29, 0.717) is 0 Å². The molecule has 6 aliphatic rings. The first-order chi connectivity index (χ1) is 16.3. The molecule has 4 aromatic rings. The fraction of sp³-hybridized carbons (Fsp3) is 0.207. The SMILES string of the molecule is C1=NC2c3cc4ccc3CCc3ccc(cc3-c3nccn3[N+]2=C1c1ccccc1)CCC4. The molecule has 4 heteroatoms. The van der Waals surface area contributed by atoms with Crippen molar-refractivity contribution in [1.82, 2.24) is 9.66 Å². The predicted molar refractivity (Wildman–Crippen MR) is 131 cm³/mol. The normalized spacial score (nSPS) is 18.4. The van der Waals surface area contributed by atoms with Crippen LogP contribution in [0.4, 0.5) is 0 Å². The van der Waals surface area contributed by atoms with E-state index >= 15 is 0 Å². The van der Waals surface area contributed by atoms with Gasteiger partial charge in [0, 0.05) is 11.1 Å². The molecule has 1 unspecified atom stereocenters. The van der Waals surface area contributed by atoms with Crippen molar-refractivity contribution in [3.05, 3.63) is 113 Å². The van der Waals surface area contributed by atoms with Crippen molar-refractivity contribution in [2.24, 2.45) is 4.99 Å². The van der Waals surface area contributed by atoms with Crippen LogP contribution in [0.3, 0.4) is 0 Å². The number of hydrogen-bond donors (Lipinski definition) is 0. The van der Waals surface area contributed by atoms with Crippen LogP contribution in [0.5, 0.6) is 0 Å². The van der Waals surface area contributed by atoms with Gasteiger partial charge in [0.25, 0.3) is 5.71 Å². The van der Waals surface area contributed by atoms with E-state index in [-0.39, 0.29) is 6.17 Å². The second-order valence-corrected chi connectivity index (χ2v) is 9.22. The number of nitrogens with zero attached hydrogens (tertiary/aromatic N) is 4. The third-order valence-corrected chi connectivity index (χ3v) is 7.24. The summed E-state index contributed by atoms with van der Waals surface area (Å²) in [6, 6.07) is 24.7. The van der Waals surface area contributed by atoms with E-state index in [0.717, 1.165) is 49.2 Å². The summed E-state index contributed by atoms with van der Waals surface area (Å²) in [5.41, 5.74) is 10.4. The Balaban J connectivity index is 1.59. The molecule has 10 rings (SSSR count). The van der Waals surface area contributed by atoms with Gasteiger partial charge >= 0.3 is 6.17 Å². The van der Waals surface area contributed by atoms with Crippen LogP contribution in [0, 0.1) is 0 Å². The minimum atomic E-state index is -0.103. The highest BCUT2D eigenvalue weighted by Crippen LogP contribution is 2.35. The van der Waals surface area contributed by atoms with Gasteiger partial charge in [-0.25, -0.2) is 9.98 Å². The Bertz CT molecular complexity index is 1440. The quantitative estimate of drug-likeness (QED) is 0.384. The number of benzene rings is 3. The van der Waals surface area contributed by atoms with E-state index in [1.54, 1.807) is 0 Å². The van der Waals surface area contributed by atoms with Crippen molar-refractivity contribution < 1.29 is 4.68 Å². The Hall–Kier alpha value is -3.79. The van der Waals surface area contributed by atoms with Gasteiger partial charge in [-0.15, -0.1) is 4.68 Å². The molecule has 0 fully saturated rings. The predicted octanol–water partition coefficient (Wildman–Crippen LogP) is 5.19. The molecular formula is C29H25N4+. The Morgan fingerprint density at radius 3 is 2.48 bits per heavy atom. The lowest BCUT2D eigenvalue weighted by molar-refractivity contribution is -0.619. The van der Waals surface area contributed by atoms with Crippen molar-refractivity contribution >= 4 is 11.9 Å². The monoisotopic (exact) mass is 429 g/mol. The lowest BCUT2D eigenvalue weighted by Gasteiger charge is -2.19. The highest BCUT2D eigenvalue weighted by molar-refractivity contribution is 6.36. The molecule has 0 saturated heterocycles. The van der Waals surface area contributed by atoms with E-state index in [2.05, 4.69) is 82.3 Å². The molecule has 33 heavy (non-hydrogen) atoms. The van der Waals surface area contributed by atoms with Gasteiger partial charge in [0.15, 0.2) is 0 Å². The molecule has 0 amide bonds. The van der Waals surface area contributed by atoms with Gasteiger partial charge in [-0.3, -0.25) is 0 Å². The zero-order valence-electron chi connectivity index (χ0n) is 18.5. The third kappa shape index (κ3) is 3.01. The molecule has 4 nitrogen and oxygen atoms in total. The Labute approximate surface area is 193 Å². The minimum absolute atomic E-state index is 0.103. The first-order valence-corrected chi connectivity index (χ1v) is 11.9. The zero-order valence-corrected chi connectivity index (χ0v) is 18.5. The minimum Gasteiger partial charge on any atom is -0.232 e. The summed E-state index contributed by atoms with van der Waals surface area (Å²) in [6.07, 6.45) is 11.3. The highest BCUT2D eigenvalue weighted by atomic mass is 15.5. The molecule has 160 valence electrons. The van der Waals surface area contributed by atoms with Crippen LogP contribution in [0.15, 0.2) is 84.1 Å². The second kappa shape index (κ2) is 7.38. The first kappa shape index (κ1) is 18.8. The van der Waals surface area contributed by atoms with Crippen LogP contribution in [-0.4, -0.2) is 26.3 Å². The Morgan fingerprint density at radius 2 is 1.61 bits per heavy atom. The number of imidazole rings is 1. The summed E-state index contributed by atoms with van der Waals surface area (Å²) in [7, 11) is 0. The average Bonchev–Trinajstić information content (AvgIpc) is 3.51. The summed E-state index contributed by atoms with van der Waals surface area (Å²) in [5, 5.41) is 0. The van der Waals surface area contributed by atoms with E-state index in [1.807, 2.05) is 12.4 Å². The summed E-state index contributed by atoms with van der Waals surface area (Å²) in [6.45, 7) is 0. The van der Waals surface area contributed by atoms with Gasteiger partial charge in [-0.2, -0.15) is 0 Å². The second-order valence-electron chi connectivity index (χ2n) is 9.22. The van der Waals surface area contributed by atoms with Crippen LogP contribution < -0.4 is 0 Å². The summed E-state index contributed by atoms with van der Waals surface area (Å²) in [5.74, 6) is 0.995. The van der Waals surface area contributed by atoms with Gasteiger partial charge in [-0.05, 0) is 78.6 Å². The van der Waals surface area contributed by atoms with Gasteiger partial charge in [0.05, 0.1) is 18.0 Å². The topological polar surface area (TPSA) is 33.2 Å². The fourth-order valence-corrected chi connectivity index (χ4v) is 5.56. The highest BCUT2D eigenvalue weighted by Gasteiger charge is 2.38. The molecule has 0 N–H and O–H groups in total. The van der Waals surface area contributed by atoms with E-state index < -0.39 is 0 Å². The molecular weight excluding hydrogens is 404 g/mol. The largest absolute Gasteiger partial charge is 0.302 e. The summed E-state index contributed by atoms with van der Waals surface area (Å²) < 4.78 is 4.56. The number of aliphatic imine (C=N–C) groups is 1. The van der Waals surface area contributed by atoms with Gasteiger partial charge in [-0.1, -0.05) is 47.1 Å². The van der Waals surface area contributed by atoms with Crippen molar-refractivity contribution in [2.75, 3.05) is 0 Å². The van der Waals surface area contributed by atoms with E-state index in [1.165, 1.54) is 33.4 Å². The molecule has 0 spiro atoms. The van der Waals surface area contributed by atoms with Crippen molar-refractivity contribution in [2.45, 2.75) is 38.3 Å². The van der Waals surface area contributed by atoms with Crippen LogP contribution >= 0.6 is 0 Å². The number of aromatic nitrogens is 2. The molecule has 3 aromatic carbocycles. The van der Waals surface area contributed by atoms with E-state index in [4.69, 9.17) is 9.98 Å². The summed E-state index contributed by atoms with van der Waals surface area (Å²) >= 11 is 0. The molecule has 0 radical (unpaired) electrons. The molecule has 1 atom stereocenters. The van der Waals surface area contributed by atoms with Crippen LogP contribution in [0.25, 0.3) is 11.4 Å². The van der Waals surface area contributed by atoms with Crippen molar-refractivity contribution in [3.8, 4) is 11.4 Å². The summed E-state index contributed by atoms with van der Waals surface area (Å²) in [4.78, 5) is 9.98. The lowest BCUT2D eigenvalue weighted by atomic mass is 9.93. The Kier molecular flexibility index (Phi) is 4.19. The maximum Gasteiger partial charge on any atom is 0.302 e. The molecule has 6 bridgehead atoms. The standard InChI is InChI=1S/C29H25N4/c1-2-7-24(8-3-1)27-19-31-29-26-18-21-6-4-5-20-9-11-22(13-14-23(26)12-10-21)25(17-20)28-30-15-16-32(28)33(27)29/h1-3,7-12,15-19,29H,4-6,13-14H2/q+1. The third-order valence-electron chi connectivity index (χ3n) is 7.24. The van der Waals surface area contributed by atoms with Crippen LogP contribution in [0.1, 0.15) is 46.0 Å². The Morgan fingerprint density at radius 1 is 0.818 bits per heavy atom. The number of aryl methyl sites for hydroxylation is 4. The molecule has 4 heterocycles.